The van der Waals surface area contributed by atoms with E-state index in [4.69, 9.17) is 21.1 Å². The van der Waals surface area contributed by atoms with Crippen LogP contribution in [-0.4, -0.2) is 43.2 Å². The Labute approximate surface area is 140 Å². The lowest BCUT2D eigenvalue weighted by molar-refractivity contribution is 0.160. The molecule has 1 saturated heterocycles. The minimum Gasteiger partial charge on any atom is -0.491 e. The summed E-state index contributed by atoms with van der Waals surface area (Å²) in [6.07, 6.45) is 2.07. The van der Waals surface area contributed by atoms with Crippen molar-refractivity contribution in [1.29, 1.82) is 10.7 Å². The summed E-state index contributed by atoms with van der Waals surface area (Å²) in [6.45, 7) is 2.54. The van der Waals surface area contributed by atoms with Crippen molar-refractivity contribution in [1.82, 2.24) is 4.90 Å². The first kappa shape index (κ1) is 17.7. The van der Waals surface area contributed by atoms with E-state index in [1.807, 2.05) is 0 Å². The average molecular weight is 332 g/mol. The van der Waals surface area contributed by atoms with Crippen LogP contribution in [0.1, 0.15) is 12.8 Å². The van der Waals surface area contributed by atoms with Gasteiger partial charge in [-0.1, -0.05) is 6.07 Å². The van der Waals surface area contributed by atoms with Crippen LogP contribution < -0.4 is 15.9 Å². The first-order valence-electron chi connectivity index (χ1n) is 7.69. The van der Waals surface area contributed by atoms with Gasteiger partial charge in [0.15, 0.2) is 11.7 Å². The van der Waals surface area contributed by atoms with Gasteiger partial charge in [-0.2, -0.15) is 10.4 Å². The Hall–Kier alpha value is -2.66. The third kappa shape index (κ3) is 4.67. The molecule has 24 heavy (non-hydrogen) atoms. The number of rotatable bonds is 6. The number of benzene rings is 1. The van der Waals surface area contributed by atoms with Gasteiger partial charge in [-0.15, -0.1) is 0 Å². The van der Waals surface area contributed by atoms with Crippen LogP contribution in [0.3, 0.4) is 0 Å². The van der Waals surface area contributed by atoms with Gasteiger partial charge in [0, 0.05) is 0 Å². The lowest BCUT2D eigenvalue weighted by Gasteiger charge is -2.28. The van der Waals surface area contributed by atoms with Crippen LogP contribution >= 0.6 is 0 Å². The van der Waals surface area contributed by atoms with E-state index in [1.165, 1.54) is 6.07 Å². The Morgan fingerprint density at radius 1 is 1.54 bits per heavy atom. The lowest BCUT2D eigenvalue weighted by atomic mass is 9.98. The van der Waals surface area contributed by atoms with Crippen LogP contribution in [0.25, 0.3) is 0 Å². The van der Waals surface area contributed by atoms with Crippen molar-refractivity contribution in [2.75, 3.05) is 32.2 Å². The molecule has 2 rings (SSSR count). The fourth-order valence-corrected chi connectivity index (χ4v) is 2.43. The molecule has 0 unspecified atom stereocenters. The fraction of sp³-hybridized carbons (Fsp3) is 0.438. The van der Waals surface area contributed by atoms with Gasteiger partial charge >= 0.3 is 0 Å². The fourth-order valence-electron chi connectivity index (χ4n) is 2.43. The van der Waals surface area contributed by atoms with E-state index in [-0.39, 0.29) is 11.4 Å². The summed E-state index contributed by atoms with van der Waals surface area (Å²) in [5, 5.41) is 19.7. The molecule has 1 heterocycles. The van der Waals surface area contributed by atoms with E-state index >= 15 is 0 Å². The number of halogens is 1. The van der Waals surface area contributed by atoms with Crippen molar-refractivity contribution in [3.05, 3.63) is 24.0 Å². The van der Waals surface area contributed by atoms with Crippen LogP contribution in [0.15, 0.2) is 23.3 Å². The van der Waals surface area contributed by atoms with Gasteiger partial charge in [-0.3, -0.25) is 10.8 Å². The number of hydrogen-bond donors (Lipinski definition) is 3. The second kappa shape index (κ2) is 8.26. The number of nitrogens with two attached hydrogens (primary N) is 1. The minimum absolute atomic E-state index is 0.0272. The molecule has 0 saturated carbocycles. The van der Waals surface area contributed by atoms with Crippen LogP contribution in [0.5, 0.6) is 5.75 Å². The SMILES string of the molecule is CN1CCC(COc2cccc(F)c2N/N=C(\C#N)C(=N)N)CC1. The minimum atomic E-state index is -0.555. The van der Waals surface area contributed by atoms with Crippen molar-refractivity contribution in [3.8, 4) is 11.8 Å². The average Bonchev–Trinajstić information content (AvgIpc) is 2.56. The van der Waals surface area contributed by atoms with Crippen molar-refractivity contribution in [3.63, 3.8) is 0 Å². The first-order valence-corrected chi connectivity index (χ1v) is 7.69. The first-order chi connectivity index (χ1) is 11.5. The van der Waals surface area contributed by atoms with Crippen molar-refractivity contribution in [2.45, 2.75) is 12.8 Å². The largest absolute Gasteiger partial charge is 0.491 e. The number of hydrogen-bond acceptors (Lipinski definition) is 6. The van der Waals surface area contributed by atoms with Crippen LogP contribution in [-0.2, 0) is 0 Å². The number of likely N-dealkylation sites (tertiary alicyclic amines) is 1. The molecule has 0 bridgehead atoms. The maximum absolute atomic E-state index is 14.0. The van der Waals surface area contributed by atoms with Crippen molar-refractivity contribution in [2.24, 2.45) is 16.8 Å². The van der Waals surface area contributed by atoms with Crippen LogP contribution in [0.2, 0.25) is 0 Å². The molecule has 0 amide bonds. The molecule has 128 valence electrons. The monoisotopic (exact) mass is 332 g/mol. The highest BCUT2D eigenvalue weighted by Crippen LogP contribution is 2.29. The number of hydrazone groups is 1. The Kier molecular flexibility index (Phi) is 6.09. The van der Waals surface area contributed by atoms with E-state index in [1.54, 1.807) is 18.2 Å². The normalized spacial score (nSPS) is 16.5. The van der Waals surface area contributed by atoms with E-state index < -0.39 is 11.7 Å². The van der Waals surface area contributed by atoms with Gasteiger partial charge in [0.05, 0.1) is 6.61 Å². The molecule has 7 nitrogen and oxygen atoms in total. The number of ether oxygens (including phenoxy) is 1. The van der Waals surface area contributed by atoms with Gasteiger partial charge in [0.1, 0.15) is 17.5 Å². The van der Waals surface area contributed by atoms with Gasteiger partial charge < -0.3 is 15.4 Å². The lowest BCUT2D eigenvalue weighted by Crippen LogP contribution is -2.32. The number of amidine groups is 1. The Bertz CT molecular complexity index is 661. The van der Waals surface area contributed by atoms with Crippen LogP contribution in [0.4, 0.5) is 10.1 Å². The molecule has 1 aromatic rings. The summed E-state index contributed by atoms with van der Waals surface area (Å²) in [4.78, 5) is 2.27. The summed E-state index contributed by atoms with van der Waals surface area (Å²) in [7, 11) is 2.09. The third-order valence-corrected chi connectivity index (χ3v) is 3.93. The second-order valence-corrected chi connectivity index (χ2v) is 5.77. The van der Waals surface area contributed by atoms with Gasteiger partial charge in [0.25, 0.3) is 0 Å². The molecule has 1 aliphatic rings. The van der Waals surface area contributed by atoms with Crippen molar-refractivity contribution >= 4 is 17.2 Å². The van der Waals surface area contributed by atoms with Crippen LogP contribution in [0, 0.1) is 28.5 Å². The summed E-state index contributed by atoms with van der Waals surface area (Å²) < 4.78 is 19.8. The molecule has 0 spiro atoms. The molecule has 8 heteroatoms. The number of piperidine rings is 1. The molecule has 0 aliphatic carbocycles. The van der Waals surface area contributed by atoms with Gasteiger partial charge in [-0.25, -0.2) is 4.39 Å². The summed E-state index contributed by atoms with van der Waals surface area (Å²) in [6, 6.07) is 6.11. The highest BCUT2D eigenvalue weighted by atomic mass is 19.1. The number of nitrogens with one attached hydrogen (secondary N) is 2. The number of nitrogens with zero attached hydrogens (tertiary/aromatic N) is 3. The van der Waals surface area contributed by atoms with E-state index in [0.717, 1.165) is 25.9 Å². The zero-order valence-corrected chi connectivity index (χ0v) is 13.6. The molecule has 4 N–H and O–H groups in total. The van der Waals surface area contributed by atoms with E-state index in [9.17, 15) is 4.39 Å². The maximum atomic E-state index is 14.0. The predicted octanol–water partition coefficient (Wildman–Crippen LogP) is 1.77. The quantitative estimate of drug-likeness (QED) is 0.418. The topological polar surface area (TPSA) is 111 Å². The number of nitriles is 1. The molecule has 0 atom stereocenters. The van der Waals surface area contributed by atoms with Gasteiger partial charge in [0.2, 0.25) is 5.71 Å². The maximum Gasteiger partial charge on any atom is 0.201 e. The molecular weight excluding hydrogens is 311 g/mol. The summed E-state index contributed by atoms with van der Waals surface area (Å²) in [5.74, 6) is -0.304. The summed E-state index contributed by atoms with van der Waals surface area (Å²) in [5.41, 5.74) is 7.37. The molecular formula is C16H21FN6O. The number of para-hydroxylation sites is 1. The van der Waals surface area contributed by atoms with Gasteiger partial charge in [-0.05, 0) is 51.0 Å². The van der Waals surface area contributed by atoms with E-state index in [0.29, 0.717) is 18.3 Å². The highest BCUT2D eigenvalue weighted by Gasteiger charge is 2.18. The molecule has 0 radical (unpaired) electrons. The molecule has 1 fully saturated rings. The molecule has 0 aromatic heterocycles. The Balaban J connectivity index is 2.06. The Morgan fingerprint density at radius 2 is 2.25 bits per heavy atom. The smallest absolute Gasteiger partial charge is 0.201 e. The predicted molar refractivity (Wildman–Crippen MR) is 90.7 cm³/mol. The molecule has 1 aliphatic heterocycles. The zero-order valence-electron chi connectivity index (χ0n) is 13.6. The summed E-state index contributed by atoms with van der Waals surface area (Å²) >= 11 is 0. The third-order valence-electron chi connectivity index (χ3n) is 3.93. The number of anilines is 1. The van der Waals surface area contributed by atoms with E-state index in [2.05, 4.69) is 22.5 Å². The highest BCUT2D eigenvalue weighted by molar-refractivity contribution is 6.45. The standard InChI is InChI=1S/C16H21FN6O/c1-23-7-5-11(6-8-23)10-24-14-4-2-3-12(17)15(14)22-21-13(9-18)16(19)20/h2-4,11,22H,5-8,10H2,1H3,(H3,19,20)/b21-13+. The zero-order chi connectivity index (χ0) is 17.5. The second-order valence-electron chi connectivity index (χ2n) is 5.77. The Morgan fingerprint density at radius 3 is 2.88 bits per heavy atom. The van der Waals surface area contributed by atoms with Crippen molar-refractivity contribution < 1.29 is 9.13 Å². The molecule has 1 aromatic carbocycles.